The Balaban J connectivity index is 1.92. The molecule has 9 heteroatoms. The first-order valence-electron chi connectivity index (χ1n) is 7.67. The normalized spacial score (nSPS) is 13.1. The van der Waals surface area contributed by atoms with Crippen LogP contribution in [-0.2, 0) is 11.3 Å². The van der Waals surface area contributed by atoms with E-state index in [4.69, 9.17) is 5.84 Å². The second-order valence-electron chi connectivity index (χ2n) is 5.17. The standard InChI is InChI=1S/C16H19FN6OS/c1-11(7-8-17)19-9-13(21-18)15(24)20-10-14-22-23-16(25-14)12-5-3-2-4-6-12/h2-6,9,11H,7-8,10,18H2,1H3,(H,20,24)/b19-9?,21-13+. The molecule has 0 saturated heterocycles. The van der Waals surface area contributed by atoms with Gasteiger partial charge in [0.1, 0.15) is 10.0 Å². The van der Waals surface area contributed by atoms with Crippen LogP contribution in [0.25, 0.3) is 10.6 Å². The van der Waals surface area contributed by atoms with E-state index in [1.807, 2.05) is 30.3 Å². The van der Waals surface area contributed by atoms with Crippen molar-refractivity contribution in [1.29, 1.82) is 0 Å². The van der Waals surface area contributed by atoms with Crippen molar-refractivity contribution in [2.24, 2.45) is 15.9 Å². The summed E-state index contributed by atoms with van der Waals surface area (Å²) in [5, 5.41) is 15.7. The van der Waals surface area contributed by atoms with Crippen molar-refractivity contribution in [3.8, 4) is 10.6 Å². The molecule has 0 aliphatic rings. The molecule has 0 fully saturated rings. The number of carbonyl (C=O) groups excluding carboxylic acids is 1. The SMILES string of the molecule is CC(CCF)N=C/C(=N\N)C(=O)NCc1nnc(-c2ccccc2)s1. The summed E-state index contributed by atoms with van der Waals surface area (Å²) in [6.45, 7) is 1.48. The van der Waals surface area contributed by atoms with Gasteiger partial charge in [-0.3, -0.25) is 14.2 Å². The molecule has 25 heavy (non-hydrogen) atoms. The van der Waals surface area contributed by atoms with Crippen LogP contribution in [0.1, 0.15) is 18.4 Å². The molecule has 1 unspecified atom stereocenters. The highest BCUT2D eigenvalue weighted by atomic mass is 32.1. The fraction of sp³-hybridized carbons (Fsp3) is 0.312. The van der Waals surface area contributed by atoms with Crippen LogP contribution >= 0.6 is 11.3 Å². The van der Waals surface area contributed by atoms with Crippen LogP contribution in [0.4, 0.5) is 4.39 Å². The predicted molar refractivity (Wildman–Crippen MR) is 97.4 cm³/mol. The zero-order valence-electron chi connectivity index (χ0n) is 13.7. The van der Waals surface area contributed by atoms with Crippen LogP contribution in [0.2, 0.25) is 0 Å². The third-order valence-electron chi connectivity index (χ3n) is 3.24. The molecule has 1 aromatic carbocycles. The van der Waals surface area contributed by atoms with Gasteiger partial charge in [-0.05, 0) is 13.3 Å². The van der Waals surface area contributed by atoms with E-state index in [0.29, 0.717) is 5.01 Å². The Morgan fingerprint density at radius 2 is 2.16 bits per heavy atom. The third kappa shape index (κ3) is 5.71. The van der Waals surface area contributed by atoms with E-state index in [1.165, 1.54) is 17.6 Å². The lowest BCUT2D eigenvalue weighted by Gasteiger charge is -2.04. The van der Waals surface area contributed by atoms with Gasteiger partial charge in [-0.1, -0.05) is 41.7 Å². The molecule has 2 rings (SSSR count). The number of halogens is 1. The zero-order valence-corrected chi connectivity index (χ0v) is 14.5. The minimum Gasteiger partial charge on any atom is -0.344 e. The van der Waals surface area contributed by atoms with Crippen molar-refractivity contribution in [3.05, 3.63) is 35.3 Å². The number of hydrazone groups is 1. The number of nitrogens with zero attached hydrogens (tertiary/aromatic N) is 4. The van der Waals surface area contributed by atoms with Crippen molar-refractivity contribution in [3.63, 3.8) is 0 Å². The lowest BCUT2D eigenvalue weighted by atomic mass is 10.2. The van der Waals surface area contributed by atoms with Gasteiger partial charge in [-0.2, -0.15) is 5.10 Å². The molecule has 1 atom stereocenters. The number of rotatable bonds is 8. The predicted octanol–water partition coefficient (Wildman–Crippen LogP) is 1.95. The molecule has 0 bridgehead atoms. The molecule has 132 valence electrons. The van der Waals surface area contributed by atoms with Gasteiger partial charge in [-0.25, -0.2) is 0 Å². The van der Waals surface area contributed by atoms with Gasteiger partial charge < -0.3 is 11.2 Å². The first-order valence-corrected chi connectivity index (χ1v) is 8.48. The van der Waals surface area contributed by atoms with Crippen LogP contribution in [0, 0.1) is 0 Å². The van der Waals surface area contributed by atoms with Gasteiger partial charge in [0, 0.05) is 11.6 Å². The number of amides is 1. The number of carbonyl (C=O) groups is 1. The number of hydrogen-bond acceptors (Lipinski definition) is 7. The second-order valence-corrected chi connectivity index (χ2v) is 6.23. The summed E-state index contributed by atoms with van der Waals surface area (Å²) in [5.74, 6) is 4.74. The number of nitrogens with two attached hydrogens (primary N) is 1. The Bertz CT molecular complexity index is 746. The first-order chi connectivity index (χ1) is 12.1. The Hall–Kier alpha value is -2.68. The molecular weight excluding hydrogens is 343 g/mol. The van der Waals surface area contributed by atoms with Crippen LogP contribution in [0.3, 0.4) is 0 Å². The first kappa shape index (κ1) is 18.7. The Kier molecular flexibility index (Phi) is 7.15. The summed E-state index contributed by atoms with van der Waals surface area (Å²) in [5.41, 5.74) is 0.939. The summed E-state index contributed by atoms with van der Waals surface area (Å²) in [7, 11) is 0. The second kappa shape index (κ2) is 9.58. The molecule has 1 heterocycles. The van der Waals surface area contributed by atoms with Gasteiger partial charge in [0.15, 0.2) is 5.71 Å². The zero-order chi connectivity index (χ0) is 18.1. The molecule has 1 aromatic heterocycles. The smallest absolute Gasteiger partial charge is 0.273 e. The highest BCUT2D eigenvalue weighted by Crippen LogP contribution is 2.22. The highest BCUT2D eigenvalue weighted by molar-refractivity contribution is 7.14. The Morgan fingerprint density at radius 3 is 2.84 bits per heavy atom. The quantitative estimate of drug-likeness (QED) is 0.425. The van der Waals surface area contributed by atoms with Crippen molar-refractivity contribution >= 4 is 29.2 Å². The maximum absolute atomic E-state index is 12.2. The summed E-state index contributed by atoms with van der Waals surface area (Å²) in [4.78, 5) is 16.1. The largest absolute Gasteiger partial charge is 0.344 e. The van der Waals surface area contributed by atoms with E-state index in [2.05, 4.69) is 25.6 Å². The van der Waals surface area contributed by atoms with Gasteiger partial charge in [-0.15, -0.1) is 10.2 Å². The molecule has 0 aliphatic carbocycles. The maximum Gasteiger partial charge on any atom is 0.273 e. The summed E-state index contributed by atoms with van der Waals surface area (Å²) >= 11 is 1.39. The molecule has 1 amide bonds. The van der Waals surface area contributed by atoms with Gasteiger partial charge in [0.25, 0.3) is 5.91 Å². The van der Waals surface area contributed by atoms with Crippen LogP contribution < -0.4 is 11.2 Å². The van der Waals surface area contributed by atoms with Gasteiger partial charge >= 0.3 is 0 Å². The van der Waals surface area contributed by atoms with E-state index >= 15 is 0 Å². The number of benzene rings is 1. The molecule has 0 aliphatic heterocycles. The van der Waals surface area contributed by atoms with Crippen molar-refractivity contribution in [2.75, 3.05) is 6.67 Å². The summed E-state index contributed by atoms with van der Waals surface area (Å²) < 4.78 is 12.2. The third-order valence-corrected chi connectivity index (χ3v) is 4.21. The maximum atomic E-state index is 12.2. The average Bonchev–Trinajstić information content (AvgIpc) is 3.10. The lowest BCUT2D eigenvalue weighted by Crippen LogP contribution is -2.32. The monoisotopic (exact) mass is 362 g/mol. The number of hydrogen-bond donors (Lipinski definition) is 2. The molecule has 3 N–H and O–H groups in total. The topological polar surface area (TPSA) is 106 Å². The fourth-order valence-electron chi connectivity index (χ4n) is 1.85. The van der Waals surface area contributed by atoms with Crippen LogP contribution in [0.15, 0.2) is 40.4 Å². The van der Waals surface area contributed by atoms with Crippen LogP contribution in [-0.4, -0.2) is 40.7 Å². The van der Waals surface area contributed by atoms with Crippen molar-refractivity contribution in [1.82, 2.24) is 15.5 Å². The highest BCUT2D eigenvalue weighted by Gasteiger charge is 2.12. The van der Waals surface area contributed by atoms with E-state index in [9.17, 15) is 9.18 Å². The molecule has 0 radical (unpaired) electrons. The van der Waals surface area contributed by atoms with E-state index < -0.39 is 12.6 Å². The minimum atomic E-state index is -0.477. The number of aliphatic imine (C=N–C) groups is 1. The summed E-state index contributed by atoms with van der Waals surface area (Å²) in [6.07, 6.45) is 1.54. The van der Waals surface area contributed by atoms with Crippen molar-refractivity contribution in [2.45, 2.75) is 25.9 Å². The molecular formula is C16H19FN6OS. The number of nitrogens with one attached hydrogen (secondary N) is 1. The molecule has 0 saturated carbocycles. The number of alkyl halides is 1. The fourth-order valence-corrected chi connectivity index (χ4v) is 2.63. The molecule has 2 aromatic rings. The molecule has 7 nitrogen and oxygen atoms in total. The van der Waals surface area contributed by atoms with Gasteiger partial charge in [0.2, 0.25) is 0 Å². The molecule has 0 spiro atoms. The van der Waals surface area contributed by atoms with E-state index in [1.54, 1.807) is 6.92 Å². The van der Waals surface area contributed by atoms with Crippen LogP contribution in [0.5, 0.6) is 0 Å². The van der Waals surface area contributed by atoms with Crippen molar-refractivity contribution < 1.29 is 9.18 Å². The van der Waals surface area contributed by atoms with E-state index in [0.717, 1.165) is 10.6 Å². The minimum absolute atomic E-state index is 0.0292. The number of aromatic nitrogens is 2. The van der Waals surface area contributed by atoms with E-state index in [-0.39, 0.29) is 24.7 Å². The average molecular weight is 362 g/mol. The Morgan fingerprint density at radius 1 is 1.40 bits per heavy atom. The Labute approximate surface area is 148 Å². The van der Waals surface area contributed by atoms with Gasteiger partial charge in [0.05, 0.1) is 19.4 Å². The lowest BCUT2D eigenvalue weighted by molar-refractivity contribution is -0.114. The summed E-state index contributed by atoms with van der Waals surface area (Å²) in [6, 6.07) is 9.41.